The number of amides is 1. The Hall–Kier alpha value is -1.43. The van der Waals surface area contributed by atoms with Crippen LogP contribution in [0.3, 0.4) is 0 Å². The lowest BCUT2D eigenvalue weighted by atomic mass is 9.79. The van der Waals surface area contributed by atoms with Crippen molar-refractivity contribution in [1.29, 1.82) is 0 Å². The molecule has 1 aliphatic carbocycles. The van der Waals surface area contributed by atoms with E-state index in [9.17, 15) is 9.90 Å². The molecule has 0 unspecified atom stereocenters. The Balaban J connectivity index is 1.83. The molecular weight excluding hydrogens is 294 g/mol. The van der Waals surface area contributed by atoms with Crippen LogP contribution < -0.4 is 0 Å². The van der Waals surface area contributed by atoms with E-state index in [1.165, 1.54) is 0 Å². The highest BCUT2D eigenvalue weighted by molar-refractivity contribution is 5.95. The summed E-state index contributed by atoms with van der Waals surface area (Å²) in [6.07, 6.45) is 2.64. The van der Waals surface area contributed by atoms with E-state index in [1.54, 1.807) is 14.2 Å². The molecule has 1 amide bonds. The Morgan fingerprint density at radius 3 is 2.96 bits per heavy atom. The lowest BCUT2D eigenvalue weighted by Gasteiger charge is -2.42. The molecule has 1 saturated carbocycles. The number of rotatable bonds is 4. The number of hydrogen-bond acceptors (Lipinski definition) is 4. The van der Waals surface area contributed by atoms with Crippen LogP contribution in [0.4, 0.5) is 0 Å². The molecule has 3 rings (SSSR count). The Morgan fingerprint density at radius 1 is 1.39 bits per heavy atom. The molecule has 5 heteroatoms. The predicted octanol–water partition coefficient (Wildman–Crippen LogP) is 1.98. The smallest absolute Gasteiger partial charge is 0.254 e. The molecule has 3 atom stereocenters. The quantitative estimate of drug-likeness (QED) is 0.922. The fraction of sp³-hybridized carbons (Fsp3) is 0.611. The number of aliphatic hydroxyl groups excluding tert-OH is 1. The second-order valence-corrected chi connectivity index (χ2v) is 6.59. The second kappa shape index (κ2) is 6.59. The van der Waals surface area contributed by atoms with Gasteiger partial charge in [0.25, 0.3) is 5.91 Å². The van der Waals surface area contributed by atoms with E-state index < -0.39 is 0 Å². The monoisotopic (exact) mass is 319 g/mol. The van der Waals surface area contributed by atoms with Gasteiger partial charge in [0.05, 0.1) is 24.4 Å². The average molecular weight is 319 g/mol. The van der Waals surface area contributed by atoms with Gasteiger partial charge in [0, 0.05) is 26.3 Å². The molecule has 23 heavy (non-hydrogen) atoms. The molecule has 1 aliphatic heterocycles. The van der Waals surface area contributed by atoms with Crippen molar-refractivity contribution in [3.8, 4) is 0 Å². The summed E-state index contributed by atoms with van der Waals surface area (Å²) in [6, 6.07) is 7.52. The minimum absolute atomic E-state index is 0.0148. The van der Waals surface area contributed by atoms with Crippen molar-refractivity contribution < 1.29 is 19.4 Å². The van der Waals surface area contributed by atoms with Gasteiger partial charge in [-0.25, -0.2) is 0 Å². The molecule has 0 bridgehead atoms. The third-order valence-electron chi connectivity index (χ3n) is 5.31. The van der Waals surface area contributed by atoms with Crippen molar-refractivity contribution in [3.05, 3.63) is 35.4 Å². The van der Waals surface area contributed by atoms with Crippen LogP contribution in [0, 0.1) is 0 Å². The number of likely N-dealkylation sites (tertiary alicyclic amines) is 1. The summed E-state index contributed by atoms with van der Waals surface area (Å²) in [5, 5.41) is 10.0. The van der Waals surface area contributed by atoms with Crippen LogP contribution in [-0.2, 0) is 16.1 Å². The highest BCUT2D eigenvalue weighted by Crippen LogP contribution is 2.42. The molecule has 0 radical (unpaired) electrons. The van der Waals surface area contributed by atoms with Crippen molar-refractivity contribution in [3.63, 3.8) is 0 Å². The fourth-order valence-corrected chi connectivity index (χ4v) is 4.05. The first-order valence-electron chi connectivity index (χ1n) is 8.22. The van der Waals surface area contributed by atoms with E-state index in [4.69, 9.17) is 9.47 Å². The first kappa shape index (κ1) is 16.4. The van der Waals surface area contributed by atoms with Gasteiger partial charge in [0.1, 0.15) is 0 Å². The van der Waals surface area contributed by atoms with Gasteiger partial charge >= 0.3 is 0 Å². The van der Waals surface area contributed by atoms with Gasteiger partial charge in [-0.15, -0.1) is 0 Å². The highest BCUT2D eigenvalue weighted by atomic mass is 16.5. The fourth-order valence-electron chi connectivity index (χ4n) is 4.05. The van der Waals surface area contributed by atoms with Crippen LogP contribution in [0.15, 0.2) is 24.3 Å². The first-order valence-corrected chi connectivity index (χ1v) is 8.22. The van der Waals surface area contributed by atoms with Crippen LogP contribution in [0.2, 0.25) is 0 Å². The normalized spacial score (nSPS) is 30.3. The number of nitrogens with zero attached hydrogens (tertiary/aromatic N) is 1. The summed E-state index contributed by atoms with van der Waals surface area (Å²) in [6.45, 7) is 1.17. The average Bonchev–Trinajstić information content (AvgIpc) is 2.94. The van der Waals surface area contributed by atoms with Gasteiger partial charge in [0.2, 0.25) is 0 Å². The highest BCUT2D eigenvalue weighted by Gasteiger charge is 2.52. The molecule has 1 saturated heterocycles. The molecule has 1 aromatic carbocycles. The van der Waals surface area contributed by atoms with Gasteiger partial charge in [0.15, 0.2) is 0 Å². The number of carbonyl (C=O) groups excluding carboxylic acids is 1. The summed E-state index contributed by atoms with van der Waals surface area (Å²) in [5.74, 6) is 0.0148. The molecule has 0 aromatic heterocycles. The largest absolute Gasteiger partial charge is 0.393 e. The van der Waals surface area contributed by atoms with E-state index >= 15 is 0 Å². The summed E-state index contributed by atoms with van der Waals surface area (Å²) in [4.78, 5) is 14.9. The third kappa shape index (κ3) is 3.01. The maximum Gasteiger partial charge on any atom is 0.254 e. The molecule has 1 N–H and O–H groups in total. The minimum Gasteiger partial charge on any atom is -0.393 e. The molecule has 0 spiro atoms. The zero-order chi connectivity index (χ0) is 16.4. The number of fused-ring (bicyclic) bond motifs is 1. The van der Waals surface area contributed by atoms with Gasteiger partial charge in [-0.2, -0.15) is 0 Å². The van der Waals surface area contributed by atoms with Crippen LogP contribution in [-0.4, -0.2) is 54.4 Å². The molecule has 2 aliphatic rings. The minimum atomic E-state index is -0.350. The maximum absolute atomic E-state index is 13.0. The van der Waals surface area contributed by atoms with E-state index in [2.05, 4.69) is 0 Å². The Morgan fingerprint density at radius 2 is 2.22 bits per heavy atom. The number of methoxy groups -OCH3 is 2. The van der Waals surface area contributed by atoms with E-state index in [1.807, 2.05) is 29.2 Å². The predicted molar refractivity (Wildman–Crippen MR) is 86.2 cm³/mol. The lowest BCUT2D eigenvalue weighted by molar-refractivity contribution is -0.0824. The standard InChI is InChI=1S/C18H25NO4/c1-22-12-13-4-3-5-14(10-13)17(21)19-9-8-18(23-2)7-6-15(20)11-16(18)19/h3-5,10,15-16,20H,6-9,11-12H2,1-2H3/t15-,16-,18+/m0/s1. The Bertz CT molecular complexity index is 576. The molecule has 1 heterocycles. The van der Waals surface area contributed by atoms with Crippen molar-refractivity contribution in [2.45, 2.75) is 50.0 Å². The first-order chi connectivity index (χ1) is 11.1. The molecule has 2 fully saturated rings. The number of hydrogen-bond donors (Lipinski definition) is 1. The van der Waals surface area contributed by atoms with Gasteiger partial charge in [-0.3, -0.25) is 4.79 Å². The van der Waals surface area contributed by atoms with Gasteiger partial charge < -0.3 is 19.5 Å². The van der Waals surface area contributed by atoms with Gasteiger partial charge in [-0.1, -0.05) is 12.1 Å². The van der Waals surface area contributed by atoms with Crippen molar-refractivity contribution in [2.75, 3.05) is 20.8 Å². The van der Waals surface area contributed by atoms with Gasteiger partial charge in [-0.05, 0) is 43.4 Å². The molecule has 1 aromatic rings. The second-order valence-electron chi connectivity index (χ2n) is 6.59. The molecule has 126 valence electrons. The Kier molecular flexibility index (Phi) is 4.71. The maximum atomic E-state index is 13.0. The zero-order valence-electron chi connectivity index (χ0n) is 13.8. The number of ether oxygens (including phenoxy) is 2. The molecular formula is C18H25NO4. The summed E-state index contributed by atoms with van der Waals surface area (Å²) in [5.41, 5.74) is 1.37. The number of carbonyl (C=O) groups is 1. The summed E-state index contributed by atoms with van der Waals surface area (Å²) >= 11 is 0. The van der Waals surface area contributed by atoms with Crippen molar-refractivity contribution in [1.82, 2.24) is 4.90 Å². The summed E-state index contributed by atoms with van der Waals surface area (Å²) in [7, 11) is 3.36. The number of aliphatic hydroxyl groups is 1. The van der Waals surface area contributed by atoms with Crippen LogP contribution in [0.5, 0.6) is 0 Å². The van der Waals surface area contributed by atoms with Crippen LogP contribution in [0.25, 0.3) is 0 Å². The SMILES string of the molecule is COCc1cccc(C(=O)N2CC[C@]3(OC)CC[C@H](O)C[C@H]23)c1. The van der Waals surface area contributed by atoms with E-state index in [0.717, 1.165) is 24.8 Å². The number of benzene rings is 1. The van der Waals surface area contributed by atoms with E-state index in [0.29, 0.717) is 25.1 Å². The topological polar surface area (TPSA) is 59.0 Å². The van der Waals surface area contributed by atoms with Crippen LogP contribution >= 0.6 is 0 Å². The van der Waals surface area contributed by atoms with E-state index in [-0.39, 0.29) is 23.7 Å². The Labute approximate surface area is 137 Å². The lowest BCUT2D eigenvalue weighted by Crippen LogP contribution is -2.52. The van der Waals surface area contributed by atoms with Crippen molar-refractivity contribution in [2.24, 2.45) is 0 Å². The van der Waals surface area contributed by atoms with Crippen LogP contribution in [0.1, 0.15) is 41.6 Å². The third-order valence-corrected chi connectivity index (χ3v) is 5.31. The zero-order valence-corrected chi connectivity index (χ0v) is 13.8. The molecule has 5 nitrogen and oxygen atoms in total. The summed E-state index contributed by atoms with van der Waals surface area (Å²) < 4.78 is 10.9. The van der Waals surface area contributed by atoms with Crippen molar-refractivity contribution >= 4 is 5.91 Å².